The van der Waals surface area contributed by atoms with Gasteiger partial charge in [-0.3, -0.25) is 19.4 Å². The number of aryl methyl sites for hydroxylation is 1. The number of benzene rings is 2. The predicted octanol–water partition coefficient (Wildman–Crippen LogP) is 3.44. The number of carbonyl (C=O) groups is 3. The van der Waals surface area contributed by atoms with Gasteiger partial charge in [0.15, 0.2) is 6.10 Å². The molecule has 1 aliphatic heterocycles. The topological polar surface area (TPSA) is 123 Å². The molecule has 9 nitrogen and oxygen atoms in total. The Labute approximate surface area is 250 Å². The van der Waals surface area contributed by atoms with Crippen molar-refractivity contribution in [3.63, 3.8) is 0 Å². The van der Waals surface area contributed by atoms with Crippen LogP contribution < -0.4 is 5.32 Å². The minimum absolute atomic E-state index is 0.0253. The molecule has 1 aromatic heterocycles. The van der Waals surface area contributed by atoms with Gasteiger partial charge < -0.3 is 25.3 Å². The summed E-state index contributed by atoms with van der Waals surface area (Å²) in [5.74, 6) is -1.19. The first-order chi connectivity index (χ1) is 19.9. The molecule has 42 heavy (non-hydrogen) atoms. The highest BCUT2D eigenvalue weighted by Gasteiger charge is 2.50. The smallest absolute Gasteiger partial charge is 0.254 e. The van der Waals surface area contributed by atoms with Gasteiger partial charge in [0, 0.05) is 41.9 Å². The van der Waals surface area contributed by atoms with Crippen molar-refractivity contribution in [1.82, 2.24) is 20.1 Å². The monoisotopic (exact) mass is 590 g/mol. The summed E-state index contributed by atoms with van der Waals surface area (Å²) in [5.41, 5.74) is 3.37. The molecule has 4 rings (SSSR count). The molecule has 0 spiro atoms. The molecule has 1 fully saturated rings. The summed E-state index contributed by atoms with van der Waals surface area (Å²) in [4.78, 5) is 48.2. The Kier molecular flexibility index (Phi) is 9.58. The summed E-state index contributed by atoms with van der Waals surface area (Å²) in [5, 5.41) is 24.4. The number of nitrogens with zero attached hydrogens (tertiary/aromatic N) is 3. The summed E-state index contributed by atoms with van der Waals surface area (Å²) in [6.07, 6.45) is 1.99. The lowest BCUT2D eigenvalue weighted by Gasteiger charge is -2.35. The van der Waals surface area contributed by atoms with Crippen LogP contribution in [0.4, 0.5) is 0 Å². The minimum atomic E-state index is -1.62. The first kappa shape index (κ1) is 31.1. The van der Waals surface area contributed by atoms with E-state index in [2.05, 4.69) is 10.3 Å². The molecule has 1 aliphatic rings. The number of carbonyl (C=O) groups excluding carboxylic acids is 3. The third-order valence-electron chi connectivity index (χ3n) is 7.78. The number of phenolic OH excluding ortho intramolecular Hbond substituents is 1. The van der Waals surface area contributed by atoms with E-state index in [4.69, 9.17) is 0 Å². The van der Waals surface area contributed by atoms with Gasteiger partial charge >= 0.3 is 0 Å². The molecule has 3 amide bonds. The van der Waals surface area contributed by atoms with Gasteiger partial charge in [-0.05, 0) is 69.0 Å². The van der Waals surface area contributed by atoms with E-state index in [9.17, 15) is 24.6 Å². The van der Waals surface area contributed by atoms with Crippen molar-refractivity contribution in [2.45, 2.75) is 63.6 Å². The number of amides is 3. The molecule has 3 atom stereocenters. The second-order valence-electron chi connectivity index (χ2n) is 11.2. The van der Waals surface area contributed by atoms with E-state index < -0.39 is 34.7 Å². The molecule has 222 valence electrons. The molecule has 10 heteroatoms. The number of thioether (sulfide) groups is 1. The third-order valence-corrected chi connectivity index (χ3v) is 9.16. The minimum Gasteiger partial charge on any atom is -0.508 e. The number of likely N-dealkylation sites (N-methyl/N-ethyl adjacent to an activating group) is 1. The van der Waals surface area contributed by atoms with Crippen molar-refractivity contribution >= 4 is 29.5 Å². The number of hydrogen-bond donors (Lipinski definition) is 3. The molecular formula is C32H38N4O5S. The van der Waals surface area contributed by atoms with Gasteiger partial charge in [0.2, 0.25) is 5.91 Å². The SMILES string of the molecule is Cc1cnccc1CN(C)C(=O)C1N(C(=O)C(O)C(Cc2ccccc2)NC(=O)c2cccc(O)c2C)CSC1(C)C. The zero-order valence-electron chi connectivity index (χ0n) is 24.6. The molecule has 3 aromatic rings. The maximum absolute atomic E-state index is 13.9. The molecule has 3 unspecified atom stereocenters. The predicted molar refractivity (Wildman–Crippen MR) is 163 cm³/mol. The lowest BCUT2D eigenvalue weighted by atomic mass is 9.96. The van der Waals surface area contributed by atoms with Crippen molar-refractivity contribution in [2.24, 2.45) is 0 Å². The van der Waals surface area contributed by atoms with Gasteiger partial charge in [-0.25, -0.2) is 0 Å². The Bertz CT molecular complexity index is 1450. The van der Waals surface area contributed by atoms with Crippen LogP contribution in [0.2, 0.25) is 0 Å². The van der Waals surface area contributed by atoms with E-state index in [0.717, 1.165) is 16.7 Å². The Hall–Kier alpha value is -3.89. The fourth-order valence-electron chi connectivity index (χ4n) is 5.18. The zero-order chi connectivity index (χ0) is 30.6. The largest absolute Gasteiger partial charge is 0.508 e. The van der Waals surface area contributed by atoms with Gasteiger partial charge in [-0.2, -0.15) is 0 Å². The third kappa shape index (κ3) is 6.77. The lowest BCUT2D eigenvalue weighted by molar-refractivity contribution is -0.150. The van der Waals surface area contributed by atoms with E-state index >= 15 is 0 Å². The fraction of sp³-hybridized carbons (Fsp3) is 0.375. The Morgan fingerprint density at radius 1 is 1.12 bits per heavy atom. The van der Waals surface area contributed by atoms with Crippen LogP contribution in [0.15, 0.2) is 67.0 Å². The van der Waals surface area contributed by atoms with Gasteiger partial charge in [0.05, 0.1) is 11.9 Å². The first-order valence-corrected chi connectivity index (χ1v) is 14.8. The number of aromatic nitrogens is 1. The fourth-order valence-corrected chi connectivity index (χ4v) is 6.31. The highest BCUT2D eigenvalue weighted by atomic mass is 32.2. The van der Waals surface area contributed by atoms with E-state index in [-0.39, 0.29) is 29.5 Å². The van der Waals surface area contributed by atoms with Crippen LogP contribution in [0.5, 0.6) is 5.75 Å². The Morgan fingerprint density at radius 3 is 2.52 bits per heavy atom. The number of aromatic hydroxyl groups is 1. The molecule has 2 aromatic carbocycles. The zero-order valence-corrected chi connectivity index (χ0v) is 25.4. The second-order valence-corrected chi connectivity index (χ2v) is 12.8. The molecule has 3 N–H and O–H groups in total. The van der Waals surface area contributed by atoms with Crippen LogP contribution >= 0.6 is 11.8 Å². The van der Waals surface area contributed by atoms with Crippen LogP contribution in [-0.2, 0) is 22.6 Å². The van der Waals surface area contributed by atoms with Crippen molar-refractivity contribution in [2.75, 3.05) is 12.9 Å². The van der Waals surface area contributed by atoms with Crippen molar-refractivity contribution in [1.29, 1.82) is 0 Å². The van der Waals surface area contributed by atoms with E-state index in [1.54, 1.807) is 43.4 Å². The number of aliphatic hydroxyl groups is 1. The van der Waals surface area contributed by atoms with Crippen molar-refractivity contribution < 1.29 is 24.6 Å². The number of hydrogen-bond acceptors (Lipinski definition) is 7. The molecular weight excluding hydrogens is 552 g/mol. The summed E-state index contributed by atoms with van der Waals surface area (Å²) >= 11 is 1.47. The van der Waals surface area contributed by atoms with Crippen LogP contribution in [0, 0.1) is 13.8 Å². The Morgan fingerprint density at radius 2 is 1.83 bits per heavy atom. The van der Waals surface area contributed by atoms with E-state index in [0.29, 0.717) is 12.1 Å². The highest BCUT2D eigenvalue weighted by Crippen LogP contribution is 2.40. The van der Waals surface area contributed by atoms with Gasteiger partial charge in [-0.15, -0.1) is 11.8 Å². The average molecular weight is 591 g/mol. The van der Waals surface area contributed by atoms with E-state index in [1.807, 2.05) is 57.2 Å². The average Bonchev–Trinajstić information content (AvgIpc) is 3.29. The quantitative estimate of drug-likeness (QED) is 0.349. The number of rotatable bonds is 9. The number of nitrogens with one attached hydrogen (secondary N) is 1. The van der Waals surface area contributed by atoms with E-state index in [1.165, 1.54) is 22.7 Å². The summed E-state index contributed by atoms with van der Waals surface area (Å²) in [6.45, 7) is 7.74. The van der Waals surface area contributed by atoms with Crippen molar-refractivity contribution in [3.8, 4) is 5.75 Å². The molecule has 2 heterocycles. The molecule has 1 saturated heterocycles. The van der Waals surface area contributed by atoms with Crippen molar-refractivity contribution in [3.05, 3.63) is 94.8 Å². The van der Waals surface area contributed by atoms with Crippen LogP contribution in [-0.4, -0.2) is 78.6 Å². The maximum atomic E-state index is 13.9. The van der Waals surface area contributed by atoms with Crippen LogP contribution in [0.25, 0.3) is 0 Å². The first-order valence-electron chi connectivity index (χ1n) is 13.8. The van der Waals surface area contributed by atoms with Crippen LogP contribution in [0.3, 0.4) is 0 Å². The number of pyridine rings is 1. The maximum Gasteiger partial charge on any atom is 0.254 e. The molecule has 0 radical (unpaired) electrons. The number of aliphatic hydroxyl groups excluding tert-OH is 1. The van der Waals surface area contributed by atoms with Gasteiger partial charge in [0.1, 0.15) is 11.8 Å². The second kappa shape index (κ2) is 13.0. The van der Waals surface area contributed by atoms with Gasteiger partial charge in [-0.1, -0.05) is 36.4 Å². The normalized spacial score (nSPS) is 17.4. The van der Waals surface area contributed by atoms with Gasteiger partial charge in [0.25, 0.3) is 11.8 Å². The lowest BCUT2D eigenvalue weighted by Crippen LogP contribution is -2.58. The highest BCUT2D eigenvalue weighted by molar-refractivity contribution is 8.00. The molecule has 0 bridgehead atoms. The number of phenols is 1. The molecule has 0 aliphatic carbocycles. The summed E-state index contributed by atoms with van der Waals surface area (Å²) in [7, 11) is 1.70. The standard InChI is InChI=1S/C32H38N4O5S/c1-20-17-33-15-14-23(20)18-35(5)31(41)28-32(3,4)42-19-36(28)30(40)27(38)25(16-22-10-7-6-8-11-22)34-29(39)24-12-9-13-26(37)21(24)2/h6-15,17,25,27-28,37-38H,16,18-19H2,1-5H3,(H,34,39). The Balaban J connectivity index is 1.59. The summed E-state index contributed by atoms with van der Waals surface area (Å²) in [6, 6.07) is 13.9. The van der Waals surface area contributed by atoms with Crippen LogP contribution in [0.1, 0.15) is 46.5 Å². The molecule has 0 saturated carbocycles. The summed E-state index contributed by atoms with van der Waals surface area (Å²) < 4.78 is -0.606.